The van der Waals surface area contributed by atoms with Crippen LogP contribution in [0.2, 0.25) is 0 Å². The first-order valence-electron chi connectivity index (χ1n) is 19.3. The zero-order valence-electron chi connectivity index (χ0n) is 32.0. The number of aromatic nitrogens is 2. The number of benzene rings is 8. The fourth-order valence-corrected chi connectivity index (χ4v) is 7.68. The third-order valence-electron chi connectivity index (χ3n) is 9.82. The van der Waals surface area contributed by atoms with E-state index < -0.39 is 6.04 Å². The Labute approximate surface area is 297 Å². The van der Waals surface area contributed by atoms with Crippen LogP contribution >= 0.6 is 0 Å². The number of hydrogen-bond acceptors (Lipinski definition) is 0. The van der Waals surface area contributed by atoms with Crippen LogP contribution in [0.3, 0.4) is 0 Å². The van der Waals surface area contributed by atoms with E-state index in [4.69, 9.17) is 6.85 Å². The molecule has 0 amide bonds. The van der Waals surface area contributed by atoms with Crippen molar-refractivity contribution in [1.82, 2.24) is 9.13 Å². The summed E-state index contributed by atoms with van der Waals surface area (Å²) in [4.78, 5) is 0. The van der Waals surface area contributed by atoms with Crippen molar-refractivity contribution in [3.8, 4) is 44.8 Å². The van der Waals surface area contributed by atoms with Crippen molar-refractivity contribution in [2.24, 2.45) is 0 Å². The maximum Gasteiger partial charge on any atom is 0.0645 e. The van der Waals surface area contributed by atoms with Crippen LogP contribution in [0.1, 0.15) is 6.85 Å². The Morgan fingerprint density at radius 2 is 0.880 bits per heavy atom. The second kappa shape index (κ2) is 11.5. The van der Waals surface area contributed by atoms with Crippen LogP contribution in [-0.4, -0.2) is 9.13 Å². The average Bonchev–Trinajstić information content (AvgIpc) is 3.74. The van der Waals surface area contributed by atoms with Gasteiger partial charge in [0.05, 0.1) is 28.9 Å². The van der Waals surface area contributed by atoms with Crippen molar-refractivity contribution in [3.63, 3.8) is 0 Å². The molecule has 0 fully saturated rings. The van der Waals surface area contributed by atoms with Crippen LogP contribution in [0.25, 0.3) is 88.4 Å². The normalized spacial score (nSPS) is 13.0. The fraction of sp³-hybridized carbons (Fsp3) is 0. The maximum atomic E-state index is 8.83. The van der Waals surface area contributed by atoms with Gasteiger partial charge in [-0.15, -0.1) is 0 Å². The molecule has 0 saturated heterocycles. The first-order valence-corrected chi connectivity index (χ1v) is 16.8. The lowest BCUT2D eigenvalue weighted by Gasteiger charge is -2.17. The minimum atomic E-state index is -0.408. The molecule has 0 spiro atoms. The molecule has 50 heavy (non-hydrogen) atoms. The van der Waals surface area contributed by atoms with Gasteiger partial charge in [-0.05, 0) is 81.9 Å². The Bertz CT molecular complexity index is 3060. The molecule has 2 heterocycles. The van der Waals surface area contributed by atoms with Gasteiger partial charge < -0.3 is 9.13 Å². The summed E-state index contributed by atoms with van der Waals surface area (Å²) in [6, 6.07) is 55.4. The summed E-state index contributed by atoms with van der Waals surface area (Å²) < 4.78 is 46.8. The van der Waals surface area contributed by atoms with Crippen molar-refractivity contribution >= 4 is 43.6 Å². The predicted octanol–water partition coefficient (Wildman–Crippen LogP) is 12.9. The van der Waals surface area contributed by atoms with Crippen LogP contribution in [0.4, 0.5) is 0 Å². The van der Waals surface area contributed by atoms with Gasteiger partial charge in [-0.2, -0.15) is 0 Å². The smallest absolute Gasteiger partial charge is 0.0645 e. The summed E-state index contributed by atoms with van der Waals surface area (Å²) in [5, 5.41) is 4.13. The van der Waals surface area contributed by atoms with Crippen LogP contribution < -0.4 is 0 Å². The number of nitrogens with zero attached hydrogens (tertiary/aromatic N) is 2. The minimum absolute atomic E-state index is 0.137. The molecule has 0 radical (unpaired) electrons. The van der Waals surface area contributed by atoms with Gasteiger partial charge in [-0.3, -0.25) is 0 Å². The van der Waals surface area contributed by atoms with Gasteiger partial charge in [-0.25, -0.2) is 0 Å². The summed E-state index contributed by atoms with van der Waals surface area (Å²) >= 11 is 0. The Morgan fingerprint density at radius 1 is 0.340 bits per heavy atom. The summed E-state index contributed by atoms with van der Waals surface area (Å²) in [6.45, 7) is 0. The van der Waals surface area contributed by atoms with Crippen LogP contribution in [0.15, 0.2) is 194 Å². The SMILES string of the molecule is [2H]c1c([2H])c([2H])c(-n2c3ccccc3c3cc(-n4c5ccccc5c5ccc(-c6c(-c7ccccc7)cccc6-c6ccccc6)cc54)ccc32)c([2H])c1[2H]. The van der Waals surface area contributed by atoms with E-state index in [1.807, 2.05) is 47.0 Å². The van der Waals surface area contributed by atoms with Crippen molar-refractivity contribution < 1.29 is 6.85 Å². The van der Waals surface area contributed by atoms with Gasteiger partial charge >= 0.3 is 0 Å². The molecule has 0 N–H and O–H groups in total. The first kappa shape index (κ1) is 23.6. The third kappa shape index (κ3) is 4.43. The molecule has 8 aromatic carbocycles. The second-order valence-corrected chi connectivity index (χ2v) is 12.6. The van der Waals surface area contributed by atoms with E-state index in [0.717, 1.165) is 82.7 Å². The Kier molecular flexibility index (Phi) is 5.44. The highest BCUT2D eigenvalue weighted by Crippen LogP contribution is 2.43. The molecule has 0 saturated carbocycles. The molecule has 10 rings (SSSR count). The zero-order valence-corrected chi connectivity index (χ0v) is 27.0. The number of para-hydroxylation sites is 3. The lowest BCUT2D eigenvalue weighted by atomic mass is 9.87. The highest BCUT2D eigenvalue weighted by molar-refractivity contribution is 6.13. The lowest BCUT2D eigenvalue weighted by molar-refractivity contribution is 1.17. The van der Waals surface area contributed by atoms with E-state index in [9.17, 15) is 0 Å². The van der Waals surface area contributed by atoms with Crippen molar-refractivity contribution in [1.29, 1.82) is 0 Å². The Morgan fingerprint density at radius 3 is 1.54 bits per heavy atom. The molecular weight excluding hydrogens is 605 g/mol. The van der Waals surface area contributed by atoms with Crippen LogP contribution in [-0.2, 0) is 0 Å². The minimum Gasteiger partial charge on any atom is -0.309 e. The molecule has 0 atom stereocenters. The molecule has 10 aromatic rings. The highest BCUT2D eigenvalue weighted by Gasteiger charge is 2.19. The van der Waals surface area contributed by atoms with Gasteiger partial charge in [0.1, 0.15) is 0 Å². The molecule has 2 nitrogen and oxygen atoms in total. The molecule has 0 bridgehead atoms. The standard InChI is InChI=1S/C48H32N2/c1-4-15-33(16-5-1)38-23-14-24-39(34-17-6-2-7-18-34)48(38)35-27-29-42-40-21-10-12-25-44(40)50(47(42)31-35)37-28-30-46-43(32-37)41-22-11-13-26-45(41)49(46)36-19-8-3-9-20-36/h1-32H/i3D,8D,9D,19D,20D. The number of fused-ring (bicyclic) bond motifs is 6. The third-order valence-corrected chi connectivity index (χ3v) is 9.82. The highest BCUT2D eigenvalue weighted by atomic mass is 15.0. The second-order valence-electron chi connectivity index (χ2n) is 12.6. The Balaban J connectivity index is 1.25. The predicted molar refractivity (Wildman–Crippen MR) is 211 cm³/mol. The summed E-state index contributed by atoms with van der Waals surface area (Å²) in [7, 11) is 0. The van der Waals surface area contributed by atoms with E-state index >= 15 is 0 Å². The Hall–Kier alpha value is -6.64. The zero-order chi connectivity index (χ0) is 37.4. The monoisotopic (exact) mass is 641 g/mol. The summed E-state index contributed by atoms with van der Waals surface area (Å²) in [6.07, 6.45) is 0. The molecule has 2 heteroatoms. The van der Waals surface area contributed by atoms with E-state index in [1.54, 1.807) is 0 Å². The average molecular weight is 642 g/mol. The first-order chi connectivity index (χ1) is 26.9. The van der Waals surface area contributed by atoms with Gasteiger partial charge in [0, 0.05) is 32.9 Å². The van der Waals surface area contributed by atoms with Gasteiger partial charge in [0.15, 0.2) is 0 Å². The van der Waals surface area contributed by atoms with Crippen molar-refractivity contribution in [2.45, 2.75) is 0 Å². The number of rotatable bonds is 5. The molecule has 0 aliphatic heterocycles. The van der Waals surface area contributed by atoms with Gasteiger partial charge in [0.25, 0.3) is 0 Å². The van der Waals surface area contributed by atoms with E-state index in [-0.39, 0.29) is 29.9 Å². The molecular formula is C48H32N2. The van der Waals surface area contributed by atoms with E-state index in [0.29, 0.717) is 0 Å². The molecule has 234 valence electrons. The topological polar surface area (TPSA) is 9.86 Å². The molecule has 0 aliphatic carbocycles. The van der Waals surface area contributed by atoms with Gasteiger partial charge in [0.2, 0.25) is 0 Å². The number of hydrogen-bond donors (Lipinski definition) is 0. The summed E-state index contributed by atoms with van der Waals surface area (Å²) in [5.74, 6) is 0. The van der Waals surface area contributed by atoms with Crippen LogP contribution in [0, 0.1) is 0 Å². The van der Waals surface area contributed by atoms with Crippen molar-refractivity contribution in [2.75, 3.05) is 0 Å². The maximum absolute atomic E-state index is 8.83. The molecule has 2 aromatic heterocycles. The quantitative estimate of drug-likeness (QED) is 0.177. The fourth-order valence-electron chi connectivity index (χ4n) is 7.68. The van der Waals surface area contributed by atoms with Gasteiger partial charge in [-0.1, -0.05) is 146 Å². The molecule has 0 unspecified atom stereocenters. The summed E-state index contributed by atoms with van der Waals surface area (Å²) in [5.41, 5.74) is 11.6. The van der Waals surface area contributed by atoms with E-state index in [1.165, 1.54) is 0 Å². The van der Waals surface area contributed by atoms with E-state index in [2.05, 4.69) is 126 Å². The van der Waals surface area contributed by atoms with Crippen LogP contribution in [0.5, 0.6) is 0 Å². The lowest BCUT2D eigenvalue weighted by Crippen LogP contribution is -1.96. The molecule has 0 aliphatic rings. The van der Waals surface area contributed by atoms with Crippen molar-refractivity contribution in [3.05, 3.63) is 194 Å². The largest absolute Gasteiger partial charge is 0.309 e.